The maximum Gasteiger partial charge on any atom is 0.458 e. The maximum absolute atomic E-state index is 9.75. The van der Waals surface area contributed by atoms with Crippen LogP contribution in [-0.2, 0) is 15.9 Å². The van der Waals surface area contributed by atoms with E-state index in [1.54, 1.807) is 0 Å². The first kappa shape index (κ1) is 7.02. The van der Waals surface area contributed by atoms with Crippen LogP contribution in [0.1, 0.15) is 20.3 Å². The number of rotatable bonds is 3. The molecule has 0 spiro atoms. The monoisotopic (exact) mass is 119 g/mol. The molecule has 7 heavy (non-hydrogen) atoms. The molecule has 0 unspecified atom stereocenters. The summed E-state index contributed by atoms with van der Waals surface area (Å²) < 4.78 is 9.75. The smallest absolute Gasteiger partial charge is 0.0626 e. The summed E-state index contributed by atoms with van der Waals surface area (Å²) in [6.07, 6.45) is 1.05. The van der Waals surface area contributed by atoms with E-state index in [0.29, 0.717) is 17.6 Å². The Morgan fingerprint density at radius 2 is 2.14 bits per heavy atom. The van der Waals surface area contributed by atoms with Crippen molar-refractivity contribution >= 4 is 11.7 Å². The summed E-state index contributed by atoms with van der Waals surface area (Å²) in [6, 6.07) is 0. The average molecular weight is 119 g/mol. The standard InChI is InChI=1S/C5H11OS/c1-5(2)3-4-7-6/h5H,3-4H2,1-2H3/q+1. The molecule has 0 N–H and O–H groups in total. The molecule has 0 aromatic carbocycles. The van der Waals surface area contributed by atoms with Gasteiger partial charge in [-0.1, -0.05) is 13.8 Å². The van der Waals surface area contributed by atoms with Crippen LogP contribution >= 0.6 is 0 Å². The molecule has 2 heteroatoms. The highest BCUT2D eigenvalue weighted by molar-refractivity contribution is 7.65. The second-order valence-corrected chi connectivity index (χ2v) is 2.65. The largest absolute Gasteiger partial charge is 0.458 e. The van der Waals surface area contributed by atoms with E-state index >= 15 is 0 Å². The highest BCUT2D eigenvalue weighted by Gasteiger charge is 1.99. The van der Waals surface area contributed by atoms with E-state index in [9.17, 15) is 4.21 Å². The van der Waals surface area contributed by atoms with Gasteiger partial charge in [-0.3, -0.25) is 0 Å². The molecule has 0 saturated heterocycles. The molecule has 42 valence electrons. The first-order chi connectivity index (χ1) is 3.27. The molecule has 0 atom stereocenters. The molecule has 0 aliphatic carbocycles. The first-order valence-electron chi connectivity index (χ1n) is 2.52. The Kier molecular flexibility index (Phi) is 4.20. The van der Waals surface area contributed by atoms with E-state index in [1.807, 2.05) is 0 Å². The molecule has 0 rings (SSSR count). The fourth-order valence-corrected chi connectivity index (χ4v) is 0.851. The van der Waals surface area contributed by atoms with Crippen LogP contribution in [0.5, 0.6) is 0 Å². The van der Waals surface area contributed by atoms with Crippen molar-refractivity contribution in [2.75, 3.05) is 5.75 Å². The predicted molar refractivity (Wildman–Crippen MR) is 32.4 cm³/mol. The molecule has 0 aliphatic heterocycles. The minimum absolute atomic E-state index is 0.680. The second-order valence-electron chi connectivity index (χ2n) is 2.00. The van der Waals surface area contributed by atoms with Crippen LogP contribution in [-0.4, -0.2) is 5.75 Å². The van der Waals surface area contributed by atoms with Crippen molar-refractivity contribution in [1.82, 2.24) is 0 Å². The molecule has 1 nitrogen and oxygen atoms in total. The topological polar surface area (TPSA) is 17.1 Å². The van der Waals surface area contributed by atoms with Crippen LogP contribution in [0, 0.1) is 5.92 Å². The van der Waals surface area contributed by atoms with E-state index in [2.05, 4.69) is 13.8 Å². The molecular weight excluding hydrogens is 108 g/mol. The minimum Gasteiger partial charge on any atom is -0.0626 e. The third-order valence-electron chi connectivity index (χ3n) is 0.779. The van der Waals surface area contributed by atoms with Gasteiger partial charge in [0, 0.05) is 10.6 Å². The molecule has 0 aliphatic rings. The second kappa shape index (κ2) is 4.19. The summed E-state index contributed by atoms with van der Waals surface area (Å²) in [5.41, 5.74) is 0. The van der Waals surface area contributed by atoms with Gasteiger partial charge in [0.05, 0.1) is 0 Å². The summed E-state index contributed by atoms with van der Waals surface area (Å²) in [5.74, 6) is 1.44. The van der Waals surface area contributed by atoms with E-state index < -0.39 is 0 Å². The predicted octanol–water partition coefficient (Wildman–Crippen LogP) is 1.46. The molecular formula is C5H11OS+. The van der Waals surface area contributed by atoms with Crippen molar-refractivity contribution in [1.29, 1.82) is 0 Å². The SMILES string of the molecule is CC(C)CC[S+]=O. The lowest BCUT2D eigenvalue weighted by atomic mass is 10.2. The van der Waals surface area contributed by atoms with Gasteiger partial charge in [0.25, 0.3) is 0 Å². The molecule has 0 heterocycles. The van der Waals surface area contributed by atoms with Gasteiger partial charge in [-0.2, -0.15) is 0 Å². The van der Waals surface area contributed by atoms with Crippen molar-refractivity contribution < 1.29 is 4.21 Å². The molecule has 0 bridgehead atoms. The van der Waals surface area contributed by atoms with Crippen LogP contribution < -0.4 is 0 Å². The fourth-order valence-electron chi connectivity index (χ4n) is 0.284. The highest BCUT2D eigenvalue weighted by atomic mass is 32.1. The van der Waals surface area contributed by atoms with Gasteiger partial charge in [0.1, 0.15) is 0 Å². The third-order valence-corrected chi connectivity index (χ3v) is 1.18. The molecule has 0 saturated carbocycles. The van der Waals surface area contributed by atoms with E-state index in [-0.39, 0.29) is 0 Å². The Labute approximate surface area is 48.6 Å². The summed E-state index contributed by atoms with van der Waals surface area (Å²) in [7, 11) is 0. The third kappa shape index (κ3) is 6.02. The van der Waals surface area contributed by atoms with Gasteiger partial charge < -0.3 is 0 Å². The number of hydrogen-bond donors (Lipinski definition) is 0. The summed E-state index contributed by atoms with van der Waals surface area (Å²) in [4.78, 5) is 0. The molecule has 0 radical (unpaired) electrons. The normalized spacial score (nSPS) is 9.57. The highest BCUT2D eigenvalue weighted by Crippen LogP contribution is 1.96. The van der Waals surface area contributed by atoms with Crippen molar-refractivity contribution in [2.45, 2.75) is 20.3 Å². The Balaban J connectivity index is 2.81. The van der Waals surface area contributed by atoms with Crippen LogP contribution in [0.25, 0.3) is 0 Å². The Morgan fingerprint density at radius 3 is 2.29 bits per heavy atom. The Hall–Kier alpha value is 0.0200. The van der Waals surface area contributed by atoms with Crippen molar-refractivity contribution in [3.63, 3.8) is 0 Å². The van der Waals surface area contributed by atoms with Crippen LogP contribution in [0.3, 0.4) is 0 Å². The minimum atomic E-state index is 0.680. The lowest BCUT2D eigenvalue weighted by Gasteiger charge is -1.90. The van der Waals surface area contributed by atoms with Crippen molar-refractivity contribution in [2.24, 2.45) is 5.92 Å². The zero-order chi connectivity index (χ0) is 5.70. The zero-order valence-corrected chi connectivity index (χ0v) is 5.62. The maximum atomic E-state index is 9.75. The van der Waals surface area contributed by atoms with Gasteiger partial charge in [-0.25, -0.2) is 0 Å². The zero-order valence-electron chi connectivity index (χ0n) is 4.81. The quantitative estimate of drug-likeness (QED) is 0.514. The van der Waals surface area contributed by atoms with E-state index in [1.165, 1.54) is 0 Å². The lowest BCUT2D eigenvalue weighted by Crippen LogP contribution is -1.89. The van der Waals surface area contributed by atoms with E-state index in [4.69, 9.17) is 0 Å². The van der Waals surface area contributed by atoms with Crippen LogP contribution in [0.15, 0.2) is 0 Å². The Bertz CT molecular complexity index is 52.0. The van der Waals surface area contributed by atoms with Gasteiger partial charge in [-0.05, 0) is 5.92 Å². The van der Waals surface area contributed by atoms with Gasteiger partial charge in [0.2, 0.25) is 5.75 Å². The lowest BCUT2D eigenvalue weighted by molar-refractivity contribution is 0.591. The van der Waals surface area contributed by atoms with E-state index in [0.717, 1.165) is 12.2 Å². The van der Waals surface area contributed by atoms with Crippen LogP contribution in [0.4, 0.5) is 0 Å². The van der Waals surface area contributed by atoms with Gasteiger partial charge in [0.15, 0.2) is 0 Å². The number of hydrogen-bond acceptors (Lipinski definition) is 1. The summed E-state index contributed by atoms with van der Waals surface area (Å²) in [5, 5.41) is 0. The first-order valence-corrected chi connectivity index (χ1v) is 3.43. The van der Waals surface area contributed by atoms with Crippen molar-refractivity contribution in [3.8, 4) is 0 Å². The van der Waals surface area contributed by atoms with Crippen molar-refractivity contribution in [3.05, 3.63) is 0 Å². The molecule has 0 amide bonds. The summed E-state index contributed by atoms with van der Waals surface area (Å²) >= 11 is 0.680. The molecule has 0 fully saturated rings. The molecule has 0 aromatic rings. The van der Waals surface area contributed by atoms with Gasteiger partial charge >= 0.3 is 11.7 Å². The average Bonchev–Trinajstić information content (AvgIpc) is 1.61. The fraction of sp³-hybridized carbons (Fsp3) is 1.00. The van der Waals surface area contributed by atoms with Crippen LogP contribution in [0.2, 0.25) is 0 Å². The molecule has 0 aromatic heterocycles. The summed E-state index contributed by atoms with van der Waals surface area (Å²) in [6.45, 7) is 4.24. The van der Waals surface area contributed by atoms with Gasteiger partial charge in [-0.15, -0.1) is 0 Å². The Morgan fingerprint density at radius 1 is 1.57 bits per heavy atom.